The third-order valence-corrected chi connectivity index (χ3v) is 4.17. The van der Waals surface area contributed by atoms with E-state index in [1.54, 1.807) is 35.6 Å². The smallest absolute Gasteiger partial charge is 0.312 e. The molecule has 7 heteroatoms. The van der Waals surface area contributed by atoms with Crippen molar-refractivity contribution in [2.24, 2.45) is 5.73 Å². The van der Waals surface area contributed by atoms with E-state index < -0.39 is 6.03 Å². The van der Waals surface area contributed by atoms with E-state index in [1.165, 1.54) is 4.88 Å². The molecule has 0 atom stereocenters. The summed E-state index contributed by atoms with van der Waals surface area (Å²) in [4.78, 5) is 28.1. The van der Waals surface area contributed by atoms with Gasteiger partial charge < -0.3 is 16.4 Å². The Morgan fingerprint density at radius 1 is 1.18 bits per heavy atom. The zero-order chi connectivity index (χ0) is 15.9. The summed E-state index contributed by atoms with van der Waals surface area (Å²) >= 11 is 1.60. The Kier molecular flexibility index (Phi) is 5.48. The number of hydrogen-bond donors (Lipinski definition) is 3. The second-order valence-electron chi connectivity index (χ2n) is 4.67. The number of benzene rings is 1. The Bertz CT molecular complexity index is 652. The van der Waals surface area contributed by atoms with Crippen LogP contribution in [0.25, 0.3) is 0 Å². The number of nitrogens with one attached hydrogen (secondary N) is 2. The van der Waals surface area contributed by atoms with Crippen molar-refractivity contribution in [3.05, 3.63) is 51.5 Å². The van der Waals surface area contributed by atoms with Crippen LogP contribution in [0.2, 0.25) is 0 Å². The number of amides is 3. The number of urea groups is 1. The summed E-state index contributed by atoms with van der Waals surface area (Å²) in [6, 6.07) is 6.42. The lowest BCUT2D eigenvalue weighted by molar-refractivity contribution is 0.0951. The van der Waals surface area contributed by atoms with Crippen molar-refractivity contribution >= 4 is 23.3 Å². The summed E-state index contributed by atoms with van der Waals surface area (Å²) in [6.07, 6.45) is 2.79. The molecule has 0 radical (unpaired) electrons. The Balaban J connectivity index is 1.87. The van der Waals surface area contributed by atoms with E-state index in [0.29, 0.717) is 18.7 Å². The van der Waals surface area contributed by atoms with Crippen LogP contribution in [0.4, 0.5) is 4.79 Å². The number of carbonyl (C=O) groups excluding carboxylic acids is 2. The number of aromatic nitrogens is 1. The van der Waals surface area contributed by atoms with Crippen LogP contribution in [0.3, 0.4) is 0 Å². The number of aryl methyl sites for hydroxylation is 1. The molecule has 0 saturated heterocycles. The summed E-state index contributed by atoms with van der Waals surface area (Å²) < 4.78 is 0. The molecule has 0 fully saturated rings. The van der Waals surface area contributed by atoms with Crippen molar-refractivity contribution in [3.63, 3.8) is 0 Å². The average Bonchev–Trinajstić information content (AvgIpc) is 2.99. The molecule has 0 aliphatic rings. The van der Waals surface area contributed by atoms with E-state index in [9.17, 15) is 9.59 Å². The lowest BCUT2D eigenvalue weighted by Gasteiger charge is -2.05. The van der Waals surface area contributed by atoms with Gasteiger partial charge in [0, 0.05) is 23.2 Å². The van der Waals surface area contributed by atoms with E-state index in [1.807, 2.05) is 6.20 Å². The first kappa shape index (κ1) is 16.0. The van der Waals surface area contributed by atoms with Crippen molar-refractivity contribution in [1.29, 1.82) is 0 Å². The van der Waals surface area contributed by atoms with Crippen LogP contribution in [-0.4, -0.2) is 16.9 Å². The molecule has 6 nitrogen and oxygen atoms in total. The fourth-order valence-electron chi connectivity index (χ4n) is 1.81. The van der Waals surface area contributed by atoms with Gasteiger partial charge in [-0.3, -0.25) is 4.79 Å². The van der Waals surface area contributed by atoms with Crippen LogP contribution < -0.4 is 16.4 Å². The van der Waals surface area contributed by atoms with Gasteiger partial charge in [-0.05, 0) is 24.1 Å². The molecule has 3 amide bonds. The molecule has 0 aliphatic carbocycles. The molecule has 0 aliphatic heterocycles. The van der Waals surface area contributed by atoms with Gasteiger partial charge in [0.2, 0.25) is 0 Å². The van der Waals surface area contributed by atoms with E-state index in [2.05, 4.69) is 22.5 Å². The highest BCUT2D eigenvalue weighted by molar-refractivity contribution is 7.11. The number of hydrogen-bond acceptors (Lipinski definition) is 4. The fraction of sp³-hybridized carbons (Fsp3) is 0.267. The van der Waals surface area contributed by atoms with Crippen molar-refractivity contribution in [2.75, 3.05) is 0 Å². The molecule has 0 unspecified atom stereocenters. The van der Waals surface area contributed by atoms with E-state index in [4.69, 9.17) is 5.73 Å². The van der Waals surface area contributed by atoms with Crippen molar-refractivity contribution < 1.29 is 9.59 Å². The third kappa shape index (κ3) is 4.56. The van der Waals surface area contributed by atoms with Gasteiger partial charge in [-0.2, -0.15) is 0 Å². The molecule has 0 bridgehead atoms. The lowest BCUT2D eigenvalue weighted by atomic mass is 10.1. The zero-order valence-electron chi connectivity index (χ0n) is 12.3. The van der Waals surface area contributed by atoms with Gasteiger partial charge in [-0.15, -0.1) is 11.3 Å². The highest BCUT2D eigenvalue weighted by Crippen LogP contribution is 2.13. The Labute approximate surface area is 132 Å². The number of nitrogens with two attached hydrogens (primary N) is 1. The molecule has 1 heterocycles. The number of primary amides is 1. The molecular weight excluding hydrogens is 300 g/mol. The normalized spacial score (nSPS) is 10.2. The first-order chi connectivity index (χ1) is 10.6. The quantitative estimate of drug-likeness (QED) is 0.757. The van der Waals surface area contributed by atoms with Crippen LogP contribution >= 0.6 is 11.3 Å². The predicted octanol–water partition coefficient (Wildman–Crippen LogP) is 1.80. The van der Waals surface area contributed by atoms with Gasteiger partial charge in [-0.25, -0.2) is 9.78 Å². The number of thiazole rings is 1. The molecule has 1 aromatic carbocycles. The fourth-order valence-corrected chi connectivity index (χ4v) is 2.62. The summed E-state index contributed by atoms with van der Waals surface area (Å²) in [5.74, 6) is -0.150. The molecule has 2 aromatic rings. The molecular formula is C15H18N4O2S. The van der Waals surface area contributed by atoms with Crippen molar-refractivity contribution in [3.8, 4) is 0 Å². The molecule has 116 valence electrons. The monoisotopic (exact) mass is 318 g/mol. The van der Waals surface area contributed by atoms with Gasteiger partial charge in [-0.1, -0.05) is 19.1 Å². The summed E-state index contributed by atoms with van der Waals surface area (Å²) in [7, 11) is 0. The minimum absolute atomic E-state index is 0.150. The summed E-state index contributed by atoms with van der Waals surface area (Å²) in [6.45, 7) is 2.84. The van der Waals surface area contributed by atoms with E-state index in [-0.39, 0.29) is 5.91 Å². The van der Waals surface area contributed by atoms with Crippen LogP contribution in [0.1, 0.15) is 32.7 Å². The maximum absolute atomic E-state index is 12.0. The summed E-state index contributed by atoms with van der Waals surface area (Å²) in [5.41, 5.74) is 6.45. The largest absolute Gasteiger partial charge is 0.352 e. The SMILES string of the molecule is CCc1cnc(CNC(=O)c2ccc(CNC(N)=O)cc2)s1. The Morgan fingerprint density at radius 3 is 2.50 bits per heavy atom. The van der Waals surface area contributed by atoms with Gasteiger partial charge in [0.1, 0.15) is 5.01 Å². The topological polar surface area (TPSA) is 97.1 Å². The Morgan fingerprint density at radius 2 is 1.91 bits per heavy atom. The summed E-state index contributed by atoms with van der Waals surface area (Å²) in [5, 5.41) is 6.23. The minimum Gasteiger partial charge on any atom is -0.352 e. The van der Waals surface area contributed by atoms with Gasteiger partial charge >= 0.3 is 6.03 Å². The first-order valence-corrected chi connectivity index (χ1v) is 7.74. The maximum Gasteiger partial charge on any atom is 0.312 e. The van der Waals surface area contributed by atoms with Crippen LogP contribution in [0.15, 0.2) is 30.5 Å². The minimum atomic E-state index is -0.572. The molecule has 1 aromatic heterocycles. The standard InChI is InChI=1S/C15H18N4O2S/c1-2-12-8-17-13(22-12)9-18-14(20)11-5-3-10(4-6-11)7-19-15(16)21/h3-6,8H,2,7,9H2,1H3,(H,18,20)(H3,16,19,21). The predicted molar refractivity (Wildman–Crippen MR) is 85.5 cm³/mol. The Hall–Kier alpha value is -2.41. The second-order valence-corrected chi connectivity index (χ2v) is 5.87. The molecule has 22 heavy (non-hydrogen) atoms. The average molecular weight is 318 g/mol. The highest BCUT2D eigenvalue weighted by atomic mass is 32.1. The van der Waals surface area contributed by atoms with E-state index in [0.717, 1.165) is 17.0 Å². The maximum atomic E-state index is 12.0. The number of nitrogens with zero attached hydrogens (tertiary/aromatic N) is 1. The van der Waals surface area contributed by atoms with Crippen LogP contribution in [0.5, 0.6) is 0 Å². The molecule has 2 rings (SSSR count). The third-order valence-electron chi connectivity index (χ3n) is 3.03. The first-order valence-electron chi connectivity index (χ1n) is 6.92. The molecule has 0 saturated carbocycles. The van der Waals surface area contributed by atoms with Crippen molar-refractivity contribution in [1.82, 2.24) is 15.6 Å². The van der Waals surface area contributed by atoms with Crippen molar-refractivity contribution in [2.45, 2.75) is 26.4 Å². The number of rotatable bonds is 6. The van der Waals surface area contributed by atoms with Gasteiger partial charge in [0.15, 0.2) is 0 Å². The highest BCUT2D eigenvalue weighted by Gasteiger charge is 2.07. The van der Waals surface area contributed by atoms with Gasteiger partial charge in [0.25, 0.3) is 5.91 Å². The number of carbonyl (C=O) groups is 2. The molecule has 4 N–H and O–H groups in total. The van der Waals surface area contributed by atoms with Crippen LogP contribution in [-0.2, 0) is 19.5 Å². The zero-order valence-corrected chi connectivity index (χ0v) is 13.1. The lowest BCUT2D eigenvalue weighted by Crippen LogP contribution is -2.28. The molecule has 0 spiro atoms. The second kappa shape index (κ2) is 7.56. The van der Waals surface area contributed by atoms with Crippen LogP contribution in [0, 0.1) is 0 Å². The van der Waals surface area contributed by atoms with Gasteiger partial charge in [0.05, 0.1) is 6.54 Å². The van der Waals surface area contributed by atoms with E-state index >= 15 is 0 Å².